The van der Waals surface area contributed by atoms with Crippen LogP contribution in [-0.2, 0) is 14.8 Å². The SMILES string of the molecule is C[C@@H](NS(=O)(=O)c1ccccc1)C(=O)Nc1ccc(Cl)cc1. The molecule has 0 radical (unpaired) electrons. The summed E-state index contributed by atoms with van der Waals surface area (Å²) in [7, 11) is -3.74. The van der Waals surface area contributed by atoms with E-state index < -0.39 is 22.0 Å². The third-order valence-corrected chi connectivity index (χ3v) is 4.70. The molecule has 116 valence electrons. The first kappa shape index (κ1) is 16.5. The Morgan fingerprint density at radius 3 is 2.23 bits per heavy atom. The molecular formula is C15H15ClN2O3S. The second kappa shape index (κ2) is 6.91. The van der Waals surface area contributed by atoms with Crippen molar-refractivity contribution in [1.29, 1.82) is 0 Å². The van der Waals surface area contributed by atoms with E-state index in [9.17, 15) is 13.2 Å². The summed E-state index contributed by atoms with van der Waals surface area (Å²) in [5, 5.41) is 3.17. The molecule has 7 heteroatoms. The molecule has 2 aromatic carbocycles. The van der Waals surface area contributed by atoms with Gasteiger partial charge in [-0.1, -0.05) is 29.8 Å². The maximum atomic E-state index is 12.1. The molecule has 0 bridgehead atoms. The number of nitrogens with one attached hydrogen (secondary N) is 2. The molecule has 22 heavy (non-hydrogen) atoms. The molecule has 0 aliphatic rings. The van der Waals surface area contributed by atoms with Crippen molar-refractivity contribution >= 4 is 33.2 Å². The molecule has 0 fully saturated rings. The molecule has 0 aliphatic heterocycles. The van der Waals surface area contributed by atoms with Gasteiger partial charge in [0, 0.05) is 10.7 Å². The second-order valence-electron chi connectivity index (χ2n) is 4.65. The van der Waals surface area contributed by atoms with Crippen LogP contribution in [0, 0.1) is 0 Å². The van der Waals surface area contributed by atoms with Crippen molar-refractivity contribution in [3.63, 3.8) is 0 Å². The fourth-order valence-corrected chi connectivity index (χ4v) is 3.09. The van der Waals surface area contributed by atoms with Crippen LogP contribution < -0.4 is 10.0 Å². The number of amides is 1. The summed E-state index contributed by atoms with van der Waals surface area (Å²) in [5.74, 6) is -0.457. The smallest absolute Gasteiger partial charge is 0.242 e. The van der Waals surface area contributed by atoms with Crippen LogP contribution in [0.5, 0.6) is 0 Å². The number of hydrogen-bond acceptors (Lipinski definition) is 3. The number of hydrogen-bond donors (Lipinski definition) is 2. The molecule has 2 N–H and O–H groups in total. The van der Waals surface area contributed by atoms with Gasteiger partial charge in [-0.2, -0.15) is 4.72 Å². The molecule has 0 saturated carbocycles. The van der Waals surface area contributed by atoms with E-state index in [0.29, 0.717) is 10.7 Å². The number of carbonyl (C=O) groups is 1. The molecule has 0 saturated heterocycles. The van der Waals surface area contributed by atoms with Gasteiger partial charge in [0.25, 0.3) is 0 Å². The van der Waals surface area contributed by atoms with Crippen LogP contribution in [0.25, 0.3) is 0 Å². The standard InChI is InChI=1S/C15H15ClN2O3S/c1-11(15(19)17-13-9-7-12(16)8-10-13)18-22(20,21)14-5-3-2-4-6-14/h2-11,18H,1H3,(H,17,19)/t11-/m1/s1. The van der Waals surface area contributed by atoms with Gasteiger partial charge >= 0.3 is 0 Å². The van der Waals surface area contributed by atoms with E-state index in [0.717, 1.165) is 0 Å². The van der Waals surface area contributed by atoms with Crippen LogP contribution in [-0.4, -0.2) is 20.4 Å². The fraction of sp³-hybridized carbons (Fsp3) is 0.133. The maximum absolute atomic E-state index is 12.1. The summed E-state index contributed by atoms with van der Waals surface area (Å²) in [6.45, 7) is 1.48. The van der Waals surface area contributed by atoms with Crippen LogP contribution in [0.15, 0.2) is 59.5 Å². The van der Waals surface area contributed by atoms with Gasteiger partial charge in [-0.3, -0.25) is 4.79 Å². The largest absolute Gasteiger partial charge is 0.325 e. The lowest BCUT2D eigenvalue weighted by Crippen LogP contribution is -2.41. The van der Waals surface area contributed by atoms with E-state index in [2.05, 4.69) is 10.0 Å². The predicted molar refractivity (Wildman–Crippen MR) is 86.3 cm³/mol. The Labute approximate surface area is 134 Å². The number of sulfonamides is 1. The molecule has 0 heterocycles. The van der Waals surface area contributed by atoms with Gasteiger partial charge in [0.1, 0.15) is 0 Å². The summed E-state index contributed by atoms with van der Waals surface area (Å²) in [4.78, 5) is 12.1. The lowest BCUT2D eigenvalue weighted by molar-refractivity contribution is -0.117. The number of anilines is 1. The number of carbonyl (C=O) groups excluding carboxylic acids is 1. The number of rotatable bonds is 5. The Morgan fingerprint density at radius 2 is 1.64 bits per heavy atom. The molecule has 0 aromatic heterocycles. The lowest BCUT2D eigenvalue weighted by Gasteiger charge is -2.14. The van der Waals surface area contributed by atoms with Crippen molar-refractivity contribution in [1.82, 2.24) is 4.72 Å². The molecule has 0 spiro atoms. The van der Waals surface area contributed by atoms with Crippen molar-refractivity contribution in [3.05, 3.63) is 59.6 Å². The summed E-state index contributed by atoms with van der Waals surface area (Å²) < 4.78 is 26.6. The minimum Gasteiger partial charge on any atom is -0.325 e. The Kier molecular flexibility index (Phi) is 5.18. The van der Waals surface area contributed by atoms with Gasteiger partial charge in [0.05, 0.1) is 10.9 Å². The highest BCUT2D eigenvalue weighted by Gasteiger charge is 2.21. The van der Waals surface area contributed by atoms with E-state index in [-0.39, 0.29) is 4.90 Å². The minimum absolute atomic E-state index is 0.112. The topological polar surface area (TPSA) is 75.3 Å². The van der Waals surface area contributed by atoms with Crippen LogP contribution in [0.2, 0.25) is 5.02 Å². The van der Waals surface area contributed by atoms with Gasteiger partial charge in [-0.05, 0) is 43.3 Å². The van der Waals surface area contributed by atoms with Crippen molar-refractivity contribution in [2.24, 2.45) is 0 Å². The zero-order valence-corrected chi connectivity index (χ0v) is 13.4. The molecular weight excluding hydrogens is 324 g/mol. The zero-order chi connectivity index (χ0) is 16.2. The average molecular weight is 339 g/mol. The molecule has 2 aromatic rings. The Hall–Kier alpha value is -1.89. The van der Waals surface area contributed by atoms with Crippen molar-refractivity contribution in [3.8, 4) is 0 Å². The first-order chi connectivity index (χ1) is 10.4. The van der Waals surface area contributed by atoms with Crippen LogP contribution in [0.4, 0.5) is 5.69 Å². The van der Waals surface area contributed by atoms with Crippen LogP contribution in [0.3, 0.4) is 0 Å². The van der Waals surface area contributed by atoms with Gasteiger partial charge in [0.2, 0.25) is 15.9 Å². The average Bonchev–Trinajstić information content (AvgIpc) is 2.50. The summed E-state index contributed by atoms with van der Waals surface area (Å²) in [5.41, 5.74) is 0.542. The summed E-state index contributed by atoms with van der Waals surface area (Å²) in [6, 6.07) is 13.5. The van der Waals surface area contributed by atoms with Gasteiger partial charge in [-0.25, -0.2) is 8.42 Å². The third-order valence-electron chi connectivity index (χ3n) is 2.89. The molecule has 0 unspecified atom stereocenters. The van der Waals surface area contributed by atoms with Gasteiger partial charge in [-0.15, -0.1) is 0 Å². The maximum Gasteiger partial charge on any atom is 0.242 e. The molecule has 2 rings (SSSR count). The van der Waals surface area contributed by atoms with Gasteiger partial charge in [0.15, 0.2) is 0 Å². The van der Waals surface area contributed by atoms with Crippen molar-refractivity contribution in [2.45, 2.75) is 17.9 Å². The fourth-order valence-electron chi connectivity index (χ4n) is 1.74. The lowest BCUT2D eigenvalue weighted by atomic mass is 10.3. The van der Waals surface area contributed by atoms with E-state index in [4.69, 9.17) is 11.6 Å². The van der Waals surface area contributed by atoms with E-state index >= 15 is 0 Å². The Bertz CT molecular complexity index is 746. The zero-order valence-electron chi connectivity index (χ0n) is 11.8. The van der Waals surface area contributed by atoms with Crippen LogP contribution >= 0.6 is 11.6 Å². The minimum atomic E-state index is -3.74. The quantitative estimate of drug-likeness (QED) is 0.880. The first-order valence-electron chi connectivity index (χ1n) is 6.52. The molecule has 0 aliphatic carbocycles. The normalized spacial score (nSPS) is 12.6. The van der Waals surface area contributed by atoms with Crippen molar-refractivity contribution < 1.29 is 13.2 Å². The number of halogens is 1. The highest BCUT2D eigenvalue weighted by molar-refractivity contribution is 7.89. The summed E-state index contributed by atoms with van der Waals surface area (Å²) in [6.07, 6.45) is 0. The van der Waals surface area contributed by atoms with E-state index in [1.165, 1.54) is 19.1 Å². The molecule has 5 nitrogen and oxygen atoms in total. The summed E-state index contributed by atoms with van der Waals surface area (Å²) >= 11 is 5.76. The van der Waals surface area contributed by atoms with E-state index in [1.54, 1.807) is 42.5 Å². The second-order valence-corrected chi connectivity index (χ2v) is 6.80. The van der Waals surface area contributed by atoms with Gasteiger partial charge < -0.3 is 5.32 Å². The third kappa shape index (κ3) is 4.30. The van der Waals surface area contributed by atoms with Crippen LogP contribution in [0.1, 0.15) is 6.92 Å². The highest BCUT2D eigenvalue weighted by Crippen LogP contribution is 2.14. The molecule has 1 atom stereocenters. The van der Waals surface area contributed by atoms with E-state index in [1.807, 2.05) is 0 Å². The molecule has 1 amide bonds. The monoisotopic (exact) mass is 338 g/mol. The Morgan fingerprint density at radius 1 is 1.05 bits per heavy atom. The van der Waals surface area contributed by atoms with Crippen molar-refractivity contribution in [2.75, 3.05) is 5.32 Å². The number of benzene rings is 2. The Balaban J connectivity index is 2.04. The first-order valence-corrected chi connectivity index (χ1v) is 8.38. The highest BCUT2D eigenvalue weighted by atomic mass is 35.5. The predicted octanol–water partition coefficient (Wildman–Crippen LogP) is 2.65.